The van der Waals surface area contributed by atoms with Gasteiger partial charge in [-0.2, -0.15) is 17.5 Å². The van der Waals surface area contributed by atoms with E-state index >= 15 is 0 Å². The first-order valence-electron chi connectivity index (χ1n) is 9.47. The first-order valence-corrected chi connectivity index (χ1v) is 10.9. The van der Waals surface area contributed by atoms with Crippen molar-refractivity contribution in [2.24, 2.45) is 7.05 Å². The van der Waals surface area contributed by atoms with Gasteiger partial charge in [0, 0.05) is 50.2 Å². The molecular weight excluding hydrogens is 431 g/mol. The number of aromatic nitrogens is 3. The fraction of sp³-hybridized carbons (Fsp3) is 0.300. The molecule has 1 N–H and O–H groups in total. The van der Waals surface area contributed by atoms with Crippen LogP contribution in [0.2, 0.25) is 0 Å². The minimum Gasteiger partial charge on any atom is -0.380 e. The predicted octanol–water partition coefficient (Wildman–Crippen LogP) is 3.10. The molecular formula is C20H20F3N5O2S. The summed E-state index contributed by atoms with van der Waals surface area (Å²) in [4.78, 5) is 7.33. The van der Waals surface area contributed by atoms with Gasteiger partial charge in [0.1, 0.15) is 5.69 Å². The van der Waals surface area contributed by atoms with E-state index in [0.717, 1.165) is 17.8 Å². The monoisotopic (exact) mass is 451 g/mol. The van der Waals surface area contributed by atoms with Crippen LogP contribution in [0, 0.1) is 0 Å². The molecule has 1 saturated heterocycles. The smallest absolute Gasteiger partial charge is 0.380 e. The van der Waals surface area contributed by atoms with Gasteiger partial charge in [-0.1, -0.05) is 30.3 Å². The van der Waals surface area contributed by atoms with Gasteiger partial charge in [-0.3, -0.25) is 4.98 Å². The van der Waals surface area contributed by atoms with Crippen LogP contribution in [-0.2, 0) is 23.2 Å². The number of hydrogen-bond donors (Lipinski definition) is 1. The molecule has 1 aromatic carbocycles. The summed E-state index contributed by atoms with van der Waals surface area (Å²) in [6, 6.07) is 11.2. The Morgan fingerprint density at radius 1 is 1.10 bits per heavy atom. The summed E-state index contributed by atoms with van der Waals surface area (Å²) < 4.78 is 68.1. The molecule has 0 saturated carbocycles. The van der Waals surface area contributed by atoms with Crippen LogP contribution in [0.4, 0.5) is 18.9 Å². The third-order valence-electron chi connectivity index (χ3n) is 5.20. The number of anilines is 1. The highest BCUT2D eigenvalue weighted by Crippen LogP contribution is 2.34. The maximum Gasteiger partial charge on any atom is 0.433 e. The number of aryl methyl sites for hydroxylation is 1. The van der Waals surface area contributed by atoms with Crippen molar-refractivity contribution in [2.45, 2.75) is 23.2 Å². The van der Waals surface area contributed by atoms with Crippen LogP contribution in [0.3, 0.4) is 0 Å². The number of pyridine rings is 1. The molecule has 4 rings (SSSR count). The number of rotatable bonds is 5. The first-order chi connectivity index (χ1) is 14.6. The van der Waals surface area contributed by atoms with Crippen LogP contribution in [0.15, 0.2) is 66.2 Å². The Morgan fingerprint density at radius 2 is 1.84 bits per heavy atom. The molecule has 7 nitrogen and oxygen atoms in total. The van der Waals surface area contributed by atoms with Gasteiger partial charge in [0.25, 0.3) is 10.0 Å². The lowest BCUT2D eigenvalue weighted by Gasteiger charge is -2.21. The van der Waals surface area contributed by atoms with Gasteiger partial charge in [0.2, 0.25) is 0 Å². The molecule has 0 amide bonds. The third kappa shape index (κ3) is 4.42. The van der Waals surface area contributed by atoms with Crippen molar-refractivity contribution < 1.29 is 21.6 Å². The predicted molar refractivity (Wildman–Crippen MR) is 108 cm³/mol. The number of hydrogen-bond acceptors (Lipinski definition) is 5. The Bertz CT molecular complexity index is 1160. The number of nitrogens with zero attached hydrogens (tertiary/aromatic N) is 4. The second kappa shape index (κ2) is 7.97. The van der Waals surface area contributed by atoms with Crippen LogP contribution in [-0.4, -0.2) is 46.4 Å². The summed E-state index contributed by atoms with van der Waals surface area (Å²) in [6.07, 6.45) is -0.657. The van der Waals surface area contributed by atoms with E-state index in [9.17, 15) is 21.6 Å². The Labute approximate surface area is 177 Å². The molecule has 164 valence electrons. The summed E-state index contributed by atoms with van der Waals surface area (Å²) in [6.45, 7) is 0.264. The molecule has 1 aliphatic heterocycles. The zero-order valence-corrected chi connectivity index (χ0v) is 17.3. The molecule has 0 radical (unpaired) electrons. The number of nitrogens with one attached hydrogen (secondary N) is 1. The fourth-order valence-corrected chi connectivity index (χ4v) is 5.15. The van der Waals surface area contributed by atoms with Gasteiger partial charge >= 0.3 is 6.18 Å². The summed E-state index contributed by atoms with van der Waals surface area (Å²) in [5.74, 6) is -0.262. The van der Waals surface area contributed by atoms with Gasteiger partial charge in [-0.05, 0) is 17.7 Å². The van der Waals surface area contributed by atoms with E-state index < -0.39 is 27.9 Å². The first kappa shape index (κ1) is 21.3. The van der Waals surface area contributed by atoms with E-state index in [2.05, 4.69) is 15.3 Å². The van der Waals surface area contributed by atoms with Gasteiger partial charge in [-0.15, -0.1) is 0 Å². The SMILES string of the molecule is Cn1cnc(S(=O)(=O)N2CC(Nc3ccnc(C(F)(F)F)c3)C(c3ccccc3)C2)c1. The van der Waals surface area contributed by atoms with Crippen molar-refractivity contribution in [3.63, 3.8) is 0 Å². The lowest BCUT2D eigenvalue weighted by Crippen LogP contribution is -2.32. The van der Waals surface area contributed by atoms with Crippen molar-refractivity contribution in [1.29, 1.82) is 0 Å². The fourth-order valence-electron chi connectivity index (χ4n) is 3.69. The lowest BCUT2D eigenvalue weighted by atomic mass is 9.94. The molecule has 1 aliphatic rings. The van der Waals surface area contributed by atoms with Crippen molar-refractivity contribution in [3.05, 3.63) is 72.4 Å². The Kier molecular flexibility index (Phi) is 5.48. The zero-order valence-electron chi connectivity index (χ0n) is 16.5. The number of sulfonamides is 1. The minimum atomic E-state index is -4.57. The van der Waals surface area contributed by atoms with Crippen LogP contribution in [0.25, 0.3) is 0 Å². The van der Waals surface area contributed by atoms with Crippen LogP contribution < -0.4 is 5.32 Å². The van der Waals surface area contributed by atoms with E-state index in [1.165, 1.54) is 22.9 Å². The maximum atomic E-state index is 13.1. The Hall–Kier alpha value is -2.92. The van der Waals surface area contributed by atoms with Crippen LogP contribution in [0.5, 0.6) is 0 Å². The molecule has 2 unspecified atom stereocenters. The third-order valence-corrected chi connectivity index (χ3v) is 6.92. The highest BCUT2D eigenvalue weighted by Gasteiger charge is 2.41. The maximum absolute atomic E-state index is 13.1. The molecule has 2 aromatic heterocycles. The van der Waals surface area contributed by atoms with E-state index in [1.807, 2.05) is 30.3 Å². The molecule has 2 atom stereocenters. The standard InChI is InChI=1S/C20H20F3N5O2S/c1-27-12-19(25-13-27)31(29,30)28-10-16(14-5-3-2-4-6-14)17(11-28)26-15-7-8-24-18(9-15)20(21,22)23/h2-9,12-13,16-17H,10-11H2,1H3,(H,24,26). The van der Waals surface area contributed by atoms with E-state index in [0.29, 0.717) is 0 Å². The second-order valence-electron chi connectivity index (χ2n) is 7.39. The average Bonchev–Trinajstić information content (AvgIpc) is 3.36. The van der Waals surface area contributed by atoms with Gasteiger partial charge in [-0.25, -0.2) is 13.4 Å². The van der Waals surface area contributed by atoms with Crippen molar-refractivity contribution in [3.8, 4) is 0 Å². The quantitative estimate of drug-likeness (QED) is 0.645. The van der Waals surface area contributed by atoms with Crippen molar-refractivity contribution >= 4 is 15.7 Å². The molecule has 3 aromatic rings. The number of alkyl halides is 3. The second-order valence-corrected chi connectivity index (χ2v) is 9.28. The Balaban J connectivity index is 1.65. The number of benzene rings is 1. The molecule has 0 spiro atoms. The van der Waals surface area contributed by atoms with E-state index in [-0.39, 0.29) is 29.7 Å². The number of halogens is 3. The highest BCUT2D eigenvalue weighted by atomic mass is 32.2. The molecule has 31 heavy (non-hydrogen) atoms. The molecule has 0 bridgehead atoms. The largest absolute Gasteiger partial charge is 0.433 e. The Morgan fingerprint density at radius 3 is 2.48 bits per heavy atom. The van der Waals surface area contributed by atoms with Gasteiger partial charge < -0.3 is 9.88 Å². The van der Waals surface area contributed by atoms with Crippen molar-refractivity contribution in [2.75, 3.05) is 18.4 Å². The summed E-state index contributed by atoms with van der Waals surface area (Å²) >= 11 is 0. The van der Waals surface area contributed by atoms with E-state index in [4.69, 9.17) is 0 Å². The molecule has 3 heterocycles. The highest BCUT2D eigenvalue weighted by molar-refractivity contribution is 7.89. The average molecular weight is 451 g/mol. The summed E-state index contributed by atoms with van der Waals surface area (Å²) in [5.41, 5.74) is 0.110. The topological polar surface area (TPSA) is 80.1 Å². The summed E-state index contributed by atoms with van der Waals surface area (Å²) in [5, 5.41) is 3.02. The van der Waals surface area contributed by atoms with Crippen LogP contribution >= 0.6 is 0 Å². The normalized spacial score (nSPS) is 20.1. The molecule has 1 fully saturated rings. The minimum absolute atomic E-state index is 0.0641. The number of imidazole rings is 1. The van der Waals surface area contributed by atoms with Gasteiger partial charge in [0.15, 0.2) is 5.03 Å². The van der Waals surface area contributed by atoms with Gasteiger partial charge in [0.05, 0.1) is 6.33 Å². The molecule has 0 aliphatic carbocycles. The zero-order chi connectivity index (χ0) is 22.2. The lowest BCUT2D eigenvalue weighted by molar-refractivity contribution is -0.141. The molecule has 11 heteroatoms. The van der Waals surface area contributed by atoms with Crippen LogP contribution in [0.1, 0.15) is 17.2 Å². The summed E-state index contributed by atoms with van der Waals surface area (Å²) in [7, 11) is -2.17. The van der Waals surface area contributed by atoms with Crippen molar-refractivity contribution in [1.82, 2.24) is 18.8 Å². The van der Waals surface area contributed by atoms with E-state index in [1.54, 1.807) is 11.6 Å².